The summed E-state index contributed by atoms with van der Waals surface area (Å²) in [6, 6.07) is 11.6. The van der Waals surface area contributed by atoms with Gasteiger partial charge in [-0.1, -0.05) is 53.2 Å². The largest absolute Gasteiger partial charge is 0.328 e. The normalized spacial score (nSPS) is 15.3. The Balaban J connectivity index is 1.75. The number of hydrogen-bond donors (Lipinski definition) is 2. The smallest absolute Gasteiger partial charge is 0.263 e. The molecular formula is C21H19Cl2N2O2S4+. The van der Waals surface area contributed by atoms with Gasteiger partial charge in [0.05, 0.1) is 28.6 Å². The lowest BCUT2D eigenvalue weighted by molar-refractivity contribution is -0.647. The fourth-order valence-corrected chi connectivity index (χ4v) is 6.83. The molecule has 2 aromatic carbocycles. The van der Waals surface area contributed by atoms with Crippen molar-refractivity contribution < 1.29 is 13.7 Å². The second kappa shape index (κ2) is 10.4. The summed E-state index contributed by atoms with van der Waals surface area (Å²) >= 11 is 17.3. The van der Waals surface area contributed by atoms with Crippen LogP contribution in [0.25, 0.3) is 16.3 Å². The molecule has 1 aliphatic heterocycles. The van der Waals surface area contributed by atoms with Gasteiger partial charge in [0.15, 0.2) is 0 Å². The summed E-state index contributed by atoms with van der Waals surface area (Å²) < 4.78 is 22.2. The average molecular weight is 531 g/mol. The zero-order valence-electron chi connectivity index (χ0n) is 16.4. The van der Waals surface area contributed by atoms with Crippen LogP contribution in [0.4, 0.5) is 5.69 Å². The Hall–Kier alpha value is -0.840. The van der Waals surface area contributed by atoms with Crippen LogP contribution in [0.3, 0.4) is 0 Å². The van der Waals surface area contributed by atoms with Gasteiger partial charge in [0.2, 0.25) is 11.4 Å². The number of thiazole rings is 1. The standard InChI is InChI=1S/C21H18Cl2N2O2S4/c1-2-13(7-20-24(11-28-26)16-9-14(22)3-5-18(16)30-20)8-21-25(12-29-27)17-10-15(23)4-6-19(17)31-21/h3-10H,2,11-12H2,1H3,(H-,26,27)/p+1. The first-order valence-corrected chi connectivity index (χ1v) is 13.6. The number of fused-ring (bicyclic) bond motifs is 2. The lowest BCUT2D eigenvalue weighted by Crippen LogP contribution is -2.33. The number of thioether (sulfide) groups is 1. The second-order valence-corrected chi connectivity index (χ2v) is 10.7. The van der Waals surface area contributed by atoms with Crippen LogP contribution >= 0.6 is 70.4 Å². The lowest BCUT2D eigenvalue weighted by atomic mass is 10.2. The van der Waals surface area contributed by atoms with Gasteiger partial charge < -0.3 is 14.0 Å². The van der Waals surface area contributed by atoms with Crippen LogP contribution in [-0.4, -0.2) is 15.0 Å². The molecule has 4 nitrogen and oxygen atoms in total. The van der Waals surface area contributed by atoms with E-state index >= 15 is 0 Å². The quantitative estimate of drug-likeness (QED) is 0.238. The maximum absolute atomic E-state index is 9.52. The van der Waals surface area contributed by atoms with Gasteiger partial charge in [0.1, 0.15) is 4.70 Å². The molecule has 2 N–H and O–H groups in total. The van der Waals surface area contributed by atoms with Crippen molar-refractivity contribution in [1.29, 1.82) is 0 Å². The van der Waals surface area contributed by atoms with E-state index in [-0.39, 0.29) is 0 Å². The maximum atomic E-state index is 9.52. The first-order chi connectivity index (χ1) is 15.0. The zero-order valence-corrected chi connectivity index (χ0v) is 21.2. The molecule has 0 saturated heterocycles. The van der Waals surface area contributed by atoms with Gasteiger partial charge in [-0.05, 0) is 48.4 Å². The Bertz CT molecular complexity index is 1180. The molecule has 10 heteroatoms. The van der Waals surface area contributed by atoms with Gasteiger partial charge in [-0.25, -0.2) is 0 Å². The molecule has 0 atom stereocenters. The highest BCUT2D eigenvalue weighted by molar-refractivity contribution is 8.03. The predicted molar refractivity (Wildman–Crippen MR) is 138 cm³/mol. The van der Waals surface area contributed by atoms with Gasteiger partial charge >= 0.3 is 0 Å². The van der Waals surface area contributed by atoms with Crippen LogP contribution in [0.2, 0.25) is 10.0 Å². The Labute approximate surface area is 208 Å². The Morgan fingerprint density at radius 2 is 1.90 bits per heavy atom. The highest BCUT2D eigenvalue weighted by Crippen LogP contribution is 2.48. The number of anilines is 1. The molecule has 2 heterocycles. The van der Waals surface area contributed by atoms with Crippen molar-refractivity contribution in [3.63, 3.8) is 0 Å². The van der Waals surface area contributed by atoms with Crippen molar-refractivity contribution in [3.05, 3.63) is 68.1 Å². The highest BCUT2D eigenvalue weighted by atomic mass is 35.5. The maximum Gasteiger partial charge on any atom is 0.263 e. The highest BCUT2D eigenvalue weighted by Gasteiger charge is 2.26. The molecule has 1 aromatic heterocycles. The fourth-order valence-electron chi connectivity index (χ4n) is 3.31. The zero-order chi connectivity index (χ0) is 22.0. The van der Waals surface area contributed by atoms with Crippen molar-refractivity contribution in [1.82, 2.24) is 0 Å². The van der Waals surface area contributed by atoms with Gasteiger partial charge in [0.25, 0.3) is 5.01 Å². The molecule has 0 saturated carbocycles. The van der Waals surface area contributed by atoms with Gasteiger partial charge in [-0.3, -0.25) is 0 Å². The number of nitrogens with zero attached hydrogens (tertiary/aromatic N) is 2. The summed E-state index contributed by atoms with van der Waals surface area (Å²) in [5.74, 6) is 0.845. The molecular weight excluding hydrogens is 511 g/mol. The molecule has 0 fully saturated rings. The SMILES string of the molecule is CCC(=Cc1sc2ccc(Cl)cc2[n+]1CSO)C=C1Sc2ccc(Cl)cc2N1CSO. The third-order valence-electron chi connectivity index (χ3n) is 4.78. The van der Waals surface area contributed by atoms with Crippen molar-refractivity contribution in [2.24, 2.45) is 0 Å². The van der Waals surface area contributed by atoms with Gasteiger partial charge in [-0.2, -0.15) is 4.57 Å². The van der Waals surface area contributed by atoms with E-state index in [4.69, 9.17) is 23.2 Å². The van der Waals surface area contributed by atoms with Crippen molar-refractivity contribution in [2.45, 2.75) is 24.1 Å². The van der Waals surface area contributed by atoms with E-state index in [1.54, 1.807) is 23.1 Å². The summed E-state index contributed by atoms with van der Waals surface area (Å²) in [5.41, 5.74) is 3.15. The van der Waals surface area contributed by atoms with E-state index in [1.807, 2.05) is 36.4 Å². The van der Waals surface area contributed by atoms with E-state index < -0.39 is 0 Å². The van der Waals surface area contributed by atoms with Crippen LogP contribution < -0.4 is 9.47 Å². The number of halogens is 2. The first kappa shape index (κ1) is 23.3. The molecule has 4 rings (SSSR count). The molecule has 0 amide bonds. The van der Waals surface area contributed by atoms with E-state index in [1.165, 1.54) is 0 Å². The number of hydrogen-bond acceptors (Lipinski definition) is 7. The minimum Gasteiger partial charge on any atom is -0.328 e. The lowest BCUT2D eigenvalue weighted by Gasteiger charge is -2.18. The average Bonchev–Trinajstić information content (AvgIpc) is 3.26. The molecule has 0 unspecified atom stereocenters. The number of benzene rings is 2. The third-order valence-corrected chi connectivity index (χ3v) is 8.23. The van der Waals surface area contributed by atoms with E-state index in [0.29, 0.717) is 21.8 Å². The predicted octanol–water partition coefficient (Wildman–Crippen LogP) is 8.07. The molecule has 3 aromatic rings. The molecule has 0 bridgehead atoms. The van der Waals surface area contributed by atoms with Gasteiger partial charge in [0, 0.05) is 39.1 Å². The summed E-state index contributed by atoms with van der Waals surface area (Å²) in [7, 11) is 0. The van der Waals surface area contributed by atoms with E-state index in [2.05, 4.69) is 28.5 Å². The Morgan fingerprint density at radius 1 is 1.13 bits per heavy atom. The number of allylic oxidation sites excluding steroid dienone is 2. The molecule has 162 valence electrons. The minimum absolute atomic E-state index is 0.422. The van der Waals surface area contributed by atoms with Crippen LogP contribution in [0.15, 0.2) is 58.0 Å². The summed E-state index contributed by atoms with van der Waals surface area (Å²) in [5, 5.41) is 3.43. The second-order valence-electron chi connectivity index (χ2n) is 6.69. The first-order valence-electron chi connectivity index (χ1n) is 9.36. The van der Waals surface area contributed by atoms with Crippen LogP contribution in [0, 0.1) is 0 Å². The third kappa shape index (κ3) is 5.07. The molecule has 0 aliphatic carbocycles. The van der Waals surface area contributed by atoms with Crippen LogP contribution in [-0.2, 0) is 5.88 Å². The number of aromatic nitrogens is 1. The van der Waals surface area contributed by atoms with Crippen molar-refractivity contribution >= 4 is 92.4 Å². The Kier molecular flexibility index (Phi) is 7.82. The van der Waals surface area contributed by atoms with Crippen molar-refractivity contribution in [3.8, 4) is 0 Å². The van der Waals surface area contributed by atoms with Crippen molar-refractivity contribution in [2.75, 3.05) is 10.8 Å². The topological polar surface area (TPSA) is 47.6 Å². The van der Waals surface area contributed by atoms with Crippen LogP contribution in [0.1, 0.15) is 18.4 Å². The molecule has 1 aliphatic rings. The summed E-state index contributed by atoms with van der Waals surface area (Å²) in [6.07, 6.45) is 5.15. The van der Waals surface area contributed by atoms with E-state index in [0.717, 1.165) is 66.9 Å². The van der Waals surface area contributed by atoms with E-state index in [9.17, 15) is 9.11 Å². The number of rotatable bonds is 7. The fraction of sp³-hybridized carbons (Fsp3) is 0.190. The minimum atomic E-state index is 0.422. The molecule has 31 heavy (non-hydrogen) atoms. The Morgan fingerprint density at radius 3 is 2.65 bits per heavy atom. The summed E-state index contributed by atoms with van der Waals surface area (Å²) in [4.78, 5) is 3.19. The van der Waals surface area contributed by atoms with Gasteiger partial charge in [-0.15, -0.1) is 0 Å². The molecule has 0 spiro atoms. The molecule has 0 radical (unpaired) electrons. The van der Waals surface area contributed by atoms with Crippen LogP contribution in [0.5, 0.6) is 0 Å². The monoisotopic (exact) mass is 529 g/mol. The summed E-state index contributed by atoms with van der Waals surface area (Å²) in [6.45, 7) is 2.12.